The number of fused-ring (bicyclic) bond motifs is 9. The molecular formula is C132H89N9. The van der Waals surface area contributed by atoms with Crippen LogP contribution in [0, 0.1) is 0 Å². The normalized spacial score (nSPS) is 11.6. The Bertz CT molecular complexity index is 8390. The summed E-state index contributed by atoms with van der Waals surface area (Å²) in [6, 6.07) is 177. The van der Waals surface area contributed by atoms with E-state index in [2.05, 4.69) is 322 Å². The summed E-state index contributed by atoms with van der Waals surface area (Å²) in [5, 5.41) is 0. The van der Waals surface area contributed by atoms with Gasteiger partial charge in [-0.05, 0) is 224 Å². The van der Waals surface area contributed by atoms with Crippen LogP contribution in [0.1, 0.15) is 33.4 Å². The minimum absolute atomic E-state index is 0.656. The molecule has 0 amide bonds. The van der Waals surface area contributed by atoms with Crippen LogP contribution >= 0.6 is 0 Å². The topological polar surface area (TPSA) is 116 Å². The van der Waals surface area contributed by atoms with E-state index in [1.54, 1.807) is 0 Å². The van der Waals surface area contributed by atoms with Gasteiger partial charge in [-0.15, -0.1) is 0 Å². The number of rotatable bonds is 17. The maximum atomic E-state index is 4.96. The predicted octanol–water partition coefficient (Wildman–Crippen LogP) is 32.7. The van der Waals surface area contributed by atoms with Gasteiger partial charge in [0.15, 0.2) is 52.4 Å². The van der Waals surface area contributed by atoms with Crippen molar-refractivity contribution < 1.29 is 0 Å². The Kier molecular flexibility index (Phi) is 23.2. The molecule has 0 unspecified atom stereocenters. The van der Waals surface area contributed by atoms with E-state index in [0.717, 1.165) is 86.0 Å². The number of hydrogen-bond acceptors (Lipinski definition) is 9. The van der Waals surface area contributed by atoms with E-state index in [-0.39, 0.29) is 0 Å². The fraction of sp³-hybridized carbons (Fsp3) is 0.0227. The molecule has 0 fully saturated rings. The second-order valence-corrected chi connectivity index (χ2v) is 35.8. The predicted molar refractivity (Wildman–Crippen MR) is 577 cm³/mol. The third-order valence-corrected chi connectivity index (χ3v) is 26.9. The molecular weight excluding hydrogens is 1710 g/mol. The lowest BCUT2D eigenvalue weighted by Crippen LogP contribution is -2.00. The Labute approximate surface area is 820 Å². The van der Waals surface area contributed by atoms with Crippen molar-refractivity contribution in [3.05, 3.63) is 537 Å². The van der Waals surface area contributed by atoms with Gasteiger partial charge in [0.05, 0.1) is 0 Å². The molecule has 20 aromatic carbocycles. The van der Waals surface area contributed by atoms with E-state index >= 15 is 0 Å². The molecule has 3 heterocycles. The largest absolute Gasteiger partial charge is 0.208 e. The Hall–Kier alpha value is -18.6. The van der Waals surface area contributed by atoms with Gasteiger partial charge in [0.1, 0.15) is 0 Å². The summed E-state index contributed by atoms with van der Waals surface area (Å²) in [4.78, 5) is 44.4. The van der Waals surface area contributed by atoms with Gasteiger partial charge in [0.2, 0.25) is 0 Å². The van der Waals surface area contributed by atoms with E-state index in [0.29, 0.717) is 52.4 Å². The molecule has 0 saturated carbocycles. The first-order valence-corrected chi connectivity index (χ1v) is 47.9. The van der Waals surface area contributed by atoms with Crippen molar-refractivity contribution in [2.45, 2.75) is 19.3 Å². The highest BCUT2D eigenvalue weighted by Crippen LogP contribution is 2.49. The number of aromatic nitrogens is 9. The highest BCUT2D eigenvalue weighted by molar-refractivity contribution is 5.94. The zero-order valence-corrected chi connectivity index (χ0v) is 77.1. The monoisotopic (exact) mass is 1800 g/mol. The van der Waals surface area contributed by atoms with Gasteiger partial charge in [0.25, 0.3) is 0 Å². The maximum absolute atomic E-state index is 4.96. The summed E-state index contributed by atoms with van der Waals surface area (Å²) in [5.74, 6) is 5.94. The van der Waals surface area contributed by atoms with Crippen LogP contribution in [0.5, 0.6) is 0 Å². The van der Waals surface area contributed by atoms with Crippen LogP contribution in [0.2, 0.25) is 0 Å². The van der Waals surface area contributed by atoms with Crippen molar-refractivity contribution in [3.8, 4) is 225 Å². The molecule has 0 spiro atoms. The second-order valence-electron chi connectivity index (χ2n) is 35.8. The van der Waals surface area contributed by atoms with Crippen LogP contribution in [0.4, 0.5) is 0 Å². The van der Waals surface area contributed by atoms with E-state index in [1.165, 1.54) is 139 Å². The zero-order chi connectivity index (χ0) is 93.7. The van der Waals surface area contributed by atoms with Gasteiger partial charge in [-0.2, -0.15) is 0 Å². The Morgan fingerprint density at radius 2 is 0.298 bits per heavy atom. The lowest BCUT2D eigenvalue weighted by atomic mass is 9.90. The standard InChI is InChI=1S/2C46H31N3.C40H27N3/c1-4-13-31(14-5-1)34-19-10-21-37(27-34)40-23-12-24-41-42-29-36(25-26-38(42)30-43(40)41)35-20-11-22-39(28-35)46-48-44(32-15-6-2-7-16-32)47-45(49-46)33-17-8-3-9-18-33;1-4-12-31(13-5-1)32-22-24-33(25-23-32)40-20-11-21-41-42-29-37(26-27-38(42)30-43(40)41)36-18-10-19-39(28-36)46-48-44(34-14-6-2-7-15-34)47-45(49-46)35-16-8-3-9-17-35;1-4-13-27(14-5-1)35-25-33(26-36-34-22-11-10-19-31(34)24-37(35)36)30-20-12-21-32(23-30)40-42-38(28-15-6-2-7-16-28)41-39(43-40)29-17-8-3-9-18-29/h2*1-29H,30H2;1-23,25-26H,24H2. The highest BCUT2D eigenvalue weighted by Gasteiger charge is 2.28. The molecule has 9 heteroatoms. The van der Waals surface area contributed by atoms with Crippen molar-refractivity contribution in [1.29, 1.82) is 0 Å². The van der Waals surface area contributed by atoms with Crippen LogP contribution in [0.25, 0.3) is 225 Å². The van der Waals surface area contributed by atoms with E-state index in [4.69, 9.17) is 44.9 Å². The molecule has 0 N–H and O–H groups in total. The van der Waals surface area contributed by atoms with Crippen molar-refractivity contribution in [2.24, 2.45) is 0 Å². The summed E-state index contributed by atoms with van der Waals surface area (Å²) in [5.41, 5.74) is 44.3. The Balaban J connectivity index is 0.000000115. The van der Waals surface area contributed by atoms with Gasteiger partial charge in [-0.1, -0.05) is 455 Å². The summed E-state index contributed by atoms with van der Waals surface area (Å²) < 4.78 is 0. The van der Waals surface area contributed by atoms with Gasteiger partial charge in [0, 0.05) is 50.1 Å². The van der Waals surface area contributed by atoms with E-state index in [9.17, 15) is 0 Å². The van der Waals surface area contributed by atoms with Gasteiger partial charge < -0.3 is 0 Å². The molecule has 26 rings (SSSR count). The molecule has 141 heavy (non-hydrogen) atoms. The zero-order valence-electron chi connectivity index (χ0n) is 77.1. The number of nitrogens with zero attached hydrogens (tertiary/aromatic N) is 9. The van der Waals surface area contributed by atoms with E-state index < -0.39 is 0 Å². The van der Waals surface area contributed by atoms with Gasteiger partial charge in [-0.25, -0.2) is 44.9 Å². The van der Waals surface area contributed by atoms with Crippen molar-refractivity contribution >= 4 is 0 Å². The number of hydrogen-bond donors (Lipinski definition) is 0. The summed E-state index contributed by atoms with van der Waals surface area (Å²) in [6.45, 7) is 0. The lowest BCUT2D eigenvalue weighted by molar-refractivity contribution is 1.07. The minimum atomic E-state index is 0.656. The molecule has 3 aromatic heterocycles. The first-order valence-electron chi connectivity index (χ1n) is 47.9. The fourth-order valence-corrected chi connectivity index (χ4v) is 19.9. The summed E-state index contributed by atoms with van der Waals surface area (Å²) in [7, 11) is 0. The third kappa shape index (κ3) is 17.7. The van der Waals surface area contributed by atoms with Crippen LogP contribution in [-0.2, 0) is 19.3 Å². The van der Waals surface area contributed by atoms with E-state index in [1.807, 2.05) is 182 Å². The third-order valence-electron chi connectivity index (χ3n) is 26.9. The van der Waals surface area contributed by atoms with Gasteiger partial charge >= 0.3 is 0 Å². The first-order chi connectivity index (χ1) is 69.8. The maximum Gasteiger partial charge on any atom is 0.164 e. The average molecular weight is 1800 g/mol. The highest BCUT2D eigenvalue weighted by atomic mass is 15.1. The van der Waals surface area contributed by atoms with Crippen LogP contribution < -0.4 is 0 Å². The molecule has 662 valence electrons. The van der Waals surface area contributed by atoms with Gasteiger partial charge in [-0.3, -0.25) is 0 Å². The molecule has 0 radical (unpaired) electrons. The molecule has 23 aromatic rings. The number of benzene rings is 20. The van der Waals surface area contributed by atoms with Crippen LogP contribution in [-0.4, -0.2) is 44.9 Å². The van der Waals surface area contributed by atoms with Crippen LogP contribution in [0.15, 0.2) is 504 Å². The minimum Gasteiger partial charge on any atom is -0.208 e. The smallest absolute Gasteiger partial charge is 0.164 e. The van der Waals surface area contributed by atoms with Crippen molar-refractivity contribution in [2.75, 3.05) is 0 Å². The quantitative estimate of drug-likeness (QED) is 0.0879. The van der Waals surface area contributed by atoms with Crippen LogP contribution in [0.3, 0.4) is 0 Å². The van der Waals surface area contributed by atoms with Crippen molar-refractivity contribution in [1.82, 2.24) is 44.9 Å². The molecule has 0 bridgehead atoms. The Morgan fingerprint density at radius 1 is 0.0993 bits per heavy atom. The molecule has 0 aliphatic heterocycles. The first kappa shape index (κ1) is 85.4. The molecule has 0 atom stereocenters. The average Bonchev–Trinajstić information content (AvgIpc) is 1.62. The lowest BCUT2D eigenvalue weighted by Gasteiger charge is -2.14. The molecule has 9 nitrogen and oxygen atoms in total. The fourth-order valence-electron chi connectivity index (χ4n) is 19.9. The molecule has 0 saturated heterocycles. The second kappa shape index (κ2) is 38.3. The molecule has 3 aliphatic rings. The van der Waals surface area contributed by atoms with Crippen molar-refractivity contribution in [3.63, 3.8) is 0 Å². The summed E-state index contributed by atoms with van der Waals surface area (Å²) >= 11 is 0. The SMILES string of the molecule is c1ccc(-c2ccc(-c3cccc4c3Cc3ccc(-c5cccc(-c6nc(-c7ccccc7)nc(-c7ccccc7)n6)c5)cc3-4)cc2)cc1.c1ccc(-c2cccc(-c3cccc4c3Cc3ccc(-c5cccc(-c6nc(-c7ccccc7)nc(-c7ccccc7)n6)c5)cc3-4)c2)cc1.c1ccc(-c2nc(-c3ccccc3)nc(-c3cccc(-c4cc(-c5ccccc5)c5c(c4)-c4ccccc4C5)c3)n2)cc1. The summed E-state index contributed by atoms with van der Waals surface area (Å²) in [6.07, 6.45) is 2.80. The molecule has 3 aliphatic carbocycles. The Morgan fingerprint density at radius 3 is 0.674 bits per heavy atom.